The average Bonchev–Trinajstić information content (AvgIpc) is 3.26. The van der Waals surface area contributed by atoms with Crippen LogP contribution in [0.25, 0.3) is 10.9 Å². The van der Waals surface area contributed by atoms with Gasteiger partial charge in [-0.2, -0.15) is 0 Å². The van der Waals surface area contributed by atoms with Crippen molar-refractivity contribution in [3.63, 3.8) is 0 Å². The molecule has 0 radical (unpaired) electrons. The Morgan fingerprint density at radius 2 is 2.25 bits per heavy atom. The van der Waals surface area contributed by atoms with Gasteiger partial charge >= 0.3 is 0 Å². The molecule has 2 aromatic rings. The van der Waals surface area contributed by atoms with Gasteiger partial charge in [-0.1, -0.05) is 18.2 Å². The van der Waals surface area contributed by atoms with E-state index in [1.165, 1.54) is 16.5 Å². The summed E-state index contributed by atoms with van der Waals surface area (Å²) in [5, 5.41) is 8.07. The molecule has 24 heavy (non-hydrogen) atoms. The second-order valence-corrected chi connectivity index (χ2v) is 6.24. The molecule has 1 saturated heterocycles. The first kappa shape index (κ1) is 16.8. The quantitative estimate of drug-likeness (QED) is 0.416. The summed E-state index contributed by atoms with van der Waals surface area (Å²) in [5.41, 5.74) is 2.60. The van der Waals surface area contributed by atoms with Crippen LogP contribution < -0.4 is 10.6 Å². The molecule has 1 unspecified atom stereocenters. The number of aryl methyl sites for hydroxylation is 1. The van der Waals surface area contributed by atoms with Gasteiger partial charge in [0.25, 0.3) is 0 Å². The maximum absolute atomic E-state index is 5.63. The number of aromatic amines is 1. The van der Waals surface area contributed by atoms with Gasteiger partial charge in [0.1, 0.15) is 0 Å². The summed E-state index contributed by atoms with van der Waals surface area (Å²) < 4.78 is 5.63. The van der Waals surface area contributed by atoms with Crippen LogP contribution in [0, 0.1) is 0 Å². The second kappa shape index (κ2) is 8.73. The molecule has 3 rings (SSSR count). The molecular weight excluding hydrogens is 300 g/mol. The van der Waals surface area contributed by atoms with Crippen LogP contribution in [0.15, 0.2) is 35.5 Å². The third kappa shape index (κ3) is 4.51. The van der Waals surface area contributed by atoms with Crippen LogP contribution >= 0.6 is 0 Å². The molecule has 1 aromatic heterocycles. The molecular formula is C19H28N4O. The number of aliphatic imine (C=N–C) groups is 1. The van der Waals surface area contributed by atoms with E-state index < -0.39 is 0 Å². The Balaban J connectivity index is 1.45. The SMILES string of the molecule is CCNC(=NCC1CCCO1)NCCCc1c[nH]c2ccccc12. The fourth-order valence-corrected chi connectivity index (χ4v) is 3.15. The minimum atomic E-state index is 0.298. The molecule has 1 atom stereocenters. The van der Waals surface area contributed by atoms with Gasteiger partial charge in [-0.15, -0.1) is 0 Å². The van der Waals surface area contributed by atoms with Gasteiger partial charge in [-0.25, -0.2) is 0 Å². The molecule has 0 spiro atoms. The van der Waals surface area contributed by atoms with E-state index in [4.69, 9.17) is 4.74 Å². The van der Waals surface area contributed by atoms with Gasteiger partial charge in [0.05, 0.1) is 12.6 Å². The number of aromatic nitrogens is 1. The number of benzene rings is 1. The van der Waals surface area contributed by atoms with Crippen molar-refractivity contribution in [2.75, 3.05) is 26.2 Å². The van der Waals surface area contributed by atoms with Crippen LogP contribution in [0.2, 0.25) is 0 Å². The van der Waals surface area contributed by atoms with E-state index >= 15 is 0 Å². The molecule has 130 valence electrons. The monoisotopic (exact) mass is 328 g/mol. The largest absolute Gasteiger partial charge is 0.376 e. The Morgan fingerprint density at radius 3 is 3.08 bits per heavy atom. The third-order valence-corrected chi connectivity index (χ3v) is 4.41. The van der Waals surface area contributed by atoms with Crippen LogP contribution in [0.1, 0.15) is 31.7 Å². The Labute approximate surface area is 143 Å². The van der Waals surface area contributed by atoms with Gasteiger partial charge in [-0.05, 0) is 44.2 Å². The molecule has 3 N–H and O–H groups in total. The fraction of sp³-hybridized carbons (Fsp3) is 0.526. The number of para-hydroxylation sites is 1. The van der Waals surface area contributed by atoms with E-state index in [1.807, 2.05) is 0 Å². The lowest BCUT2D eigenvalue weighted by Gasteiger charge is -2.12. The zero-order valence-electron chi connectivity index (χ0n) is 14.5. The molecule has 0 saturated carbocycles. The molecule has 5 nitrogen and oxygen atoms in total. The summed E-state index contributed by atoms with van der Waals surface area (Å²) in [6.45, 7) is 5.51. The number of nitrogens with zero attached hydrogens (tertiary/aromatic N) is 1. The highest BCUT2D eigenvalue weighted by molar-refractivity contribution is 5.83. The third-order valence-electron chi connectivity index (χ3n) is 4.41. The summed E-state index contributed by atoms with van der Waals surface area (Å²) in [6.07, 6.45) is 6.85. The fourth-order valence-electron chi connectivity index (χ4n) is 3.15. The highest BCUT2D eigenvalue weighted by Crippen LogP contribution is 2.18. The highest BCUT2D eigenvalue weighted by atomic mass is 16.5. The lowest BCUT2D eigenvalue weighted by atomic mass is 10.1. The topological polar surface area (TPSA) is 61.4 Å². The number of H-pyrrole nitrogens is 1. The van der Waals surface area contributed by atoms with Crippen molar-refractivity contribution in [3.8, 4) is 0 Å². The zero-order valence-corrected chi connectivity index (χ0v) is 14.5. The highest BCUT2D eigenvalue weighted by Gasteiger charge is 2.14. The molecule has 2 heterocycles. The van der Waals surface area contributed by atoms with E-state index in [-0.39, 0.29) is 0 Å². The normalized spacial score (nSPS) is 18.2. The summed E-state index contributed by atoms with van der Waals surface area (Å²) in [4.78, 5) is 7.98. The lowest BCUT2D eigenvalue weighted by molar-refractivity contribution is 0.117. The second-order valence-electron chi connectivity index (χ2n) is 6.24. The van der Waals surface area contributed by atoms with Gasteiger partial charge in [0.2, 0.25) is 0 Å². The van der Waals surface area contributed by atoms with E-state index in [2.05, 4.69) is 58.0 Å². The zero-order chi connectivity index (χ0) is 16.6. The van der Waals surface area contributed by atoms with Crippen molar-refractivity contribution in [2.24, 2.45) is 4.99 Å². The van der Waals surface area contributed by atoms with E-state index in [9.17, 15) is 0 Å². The number of rotatable bonds is 7. The number of hydrogen-bond donors (Lipinski definition) is 3. The van der Waals surface area contributed by atoms with Gasteiger partial charge < -0.3 is 20.4 Å². The Hall–Kier alpha value is -2.01. The first-order valence-electron chi connectivity index (χ1n) is 9.05. The number of fused-ring (bicyclic) bond motifs is 1. The van der Waals surface area contributed by atoms with Gasteiger partial charge in [0, 0.05) is 36.8 Å². The molecule has 0 aliphatic carbocycles. The Bertz CT molecular complexity index is 658. The summed E-state index contributed by atoms with van der Waals surface area (Å²) in [6, 6.07) is 8.47. The van der Waals surface area contributed by atoms with Crippen molar-refractivity contribution in [1.29, 1.82) is 0 Å². The van der Waals surface area contributed by atoms with Crippen molar-refractivity contribution in [3.05, 3.63) is 36.0 Å². The van der Waals surface area contributed by atoms with Crippen molar-refractivity contribution in [2.45, 2.75) is 38.7 Å². The van der Waals surface area contributed by atoms with Crippen LogP contribution in [0.3, 0.4) is 0 Å². The molecule has 0 amide bonds. The maximum Gasteiger partial charge on any atom is 0.191 e. The lowest BCUT2D eigenvalue weighted by Crippen LogP contribution is -2.38. The summed E-state index contributed by atoms with van der Waals surface area (Å²) in [5.74, 6) is 0.895. The van der Waals surface area contributed by atoms with Gasteiger partial charge in [-0.3, -0.25) is 4.99 Å². The molecule has 0 bridgehead atoms. The minimum absolute atomic E-state index is 0.298. The Kier molecular flexibility index (Phi) is 6.13. The van der Waals surface area contributed by atoms with Crippen molar-refractivity contribution < 1.29 is 4.74 Å². The molecule has 1 fully saturated rings. The van der Waals surface area contributed by atoms with E-state index in [1.54, 1.807) is 0 Å². The van der Waals surface area contributed by atoms with E-state index in [0.29, 0.717) is 6.10 Å². The maximum atomic E-state index is 5.63. The van der Waals surface area contributed by atoms with Crippen molar-refractivity contribution >= 4 is 16.9 Å². The average molecular weight is 328 g/mol. The van der Waals surface area contributed by atoms with Crippen LogP contribution in [-0.4, -0.2) is 43.3 Å². The molecule has 1 aliphatic rings. The van der Waals surface area contributed by atoms with Crippen LogP contribution in [0.5, 0.6) is 0 Å². The Morgan fingerprint density at radius 1 is 1.33 bits per heavy atom. The summed E-state index contributed by atoms with van der Waals surface area (Å²) >= 11 is 0. The number of guanidine groups is 1. The standard InChI is InChI=1S/C19H28N4O/c1-2-20-19(23-14-16-8-6-12-24-16)21-11-5-7-15-13-22-18-10-4-3-9-17(15)18/h3-4,9-10,13,16,22H,2,5-8,11-12,14H2,1H3,(H2,20,21,23). The predicted molar refractivity (Wildman–Crippen MR) is 99.6 cm³/mol. The minimum Gasteiger partial charge on any atom is -0.376 e. The van der Waals surface area contributed by atoms with Crippen molar-refractivity contribution in [1.82, 2.24) is 15.6 Å². The first-order valence-corrected chi connectivity index (χ1v) is 9.05. The van der Waals surface area contributed by atoms with Gasteiger partial charge in [0.15, 0.2) is 5.96 Å². The smallest absolute Gasteiger partial charge is 0.191 e. The number of ether oxygens (including phenoxy) is 1. The molecule has 5 heteroatoms. The van der Waals surface area contributed by atoms with Crippen LogP contribution in [-0.2, 0) is 11.2 Å². The molecule has 1 aromatic carbocycles. The predicted octanol–water partition coefficient (Wildman–Crippen LogP) is 2.83. The molecule has 1 aliphatic heterocycles. The van der Waals surface area contributed by atoms with E-state index in [0.717, 1.165) is 57.9 Å². The summed E-state index contributed by atoms with van der Waals surface area (Å²) in [7, 11) is 0. The van der Waals surface area contributed by atoms with Crippen LogP contribution in [0.4, 0.5) is 0 Å². The number of nitrogens with one attached hydrogen (secondary N) is 3. The number of hydrogen-bond acceptors (Lipinski definition) is 2. The first-order chi connectivity index (χ1) is 11.9.